The largest absolute Gasteiger partial charge is 0.481 e. The minimum absolute atomic E-state index is 0.0122. The van der Waals surface area contributed by atoms with Crippen molar-refractivity contribution in [2.75, 3.05) is 13.1 Å². The summed E-state index contributed by atoms with van der Waals surface area (Å²) in [5, 5.41) is 13.2. The van der Waals surface area contributed by atoms with Crippen LogP contribution in [0, 0.1) is 62.6 Å². The maximum absolute atomic E-state index is 14.0. The number of nitrogens with zero attached hydrogens (tertiary/aromatic N) is 1. The van der Waals surface area contributed by atoms with E-state index in [-0.39, 0.29) is 64.0 Å². The molecular weight excluding hydrogens is 630 g/mol. The highest BCUT2D eigenvalue weighted by Crippen LogP contribution is 2.76. The van der Waals surface area contributed by atoms with Crippen LogP contribution in [0.15, 0.2) is 0 Å². The van der Waals surface area contributed by atoms with E-state index in [4.69, 9.17) is 10.5 Å². The molecule has 10 atom stereocenters. The Morgan fingerprint density at radius 1 is 0.920 bits per heavy atom. The fourth-order valence-corrected chi connectivity index (χ4v) is 13.7. The Kier molecular flexibility index (Phi) is 9.38. The van der Waals surface area contributed by atoms with Gasteiger partial charge in [-0.05, 0) is 124 Å². The predicted octanol–water partition coefficient (Wildman–Crippen LogP) is 7.20. The summed E-state index contributed by atoms with van der Waals surface area (Å²) in [5.74, 6) is 0.479. The Morgan fingerprint density at radius 2 is 1.58 bits per heavy atom. The van der Waals surface area contributed by atoms with Crippen molar-refractivity contribution in [2.45, 2.75) is 157 Å². The van der Waals surface area contributed by atoms with Crippen LogP contribution in [0.2, 0.25) is 0 Å². The smallest absolute Gasteiger partial charge is 0.317 e. The second-order valence-electron chi connectivity index (χ2n) is 20.2. The van der Waals surface area contributed by atoms with Crippen LogP contribution in [-0.4, -0.2) is 64.5 Å². The number of carboxylic acid groups (broad SMARTS) is 1. The maximum atomic E-state index is 14.0. The number of ketones is 1. The van der Waals surface area contributed by atoms with Crippen molar-refractivity contribution >= 4 is 23.8 Å². The minimum Gasteiger partial charge on any atom is -0.481 e. The van der Waals surface area contributed by atoms with Crippen LogP contribution in [0.25, 0.3) is 0 Å². The zero-order valence-electron chi connectivity index (χ0n) is 32.5. The first-order chi connectivity index (χ1) is 23.1. The van der Waals surface area contributed by atoms with Crippen LogP contribution >= 0.6 is 0 Å². The summed E-state index contributed by atoms with van der Waals surface area (Å²) >= 11 is 0. The lowest BCUT2D eigenvalue weighted by Crippen LogP contribution is -2.69. The number of likely N-dealkylation sites (tertiary alicyclic amines) is 1. The lowest BCUT2D eigenvalue weighted by Gasteiger charge is -2.73. The van der Waals surface area contributed by atoms with E-state index in [0.717, 1.165) is 64.2 Å². The van der Waals surface area contributed by atoms with Gasteiger partial charge in [0.05, 0.1) is 17.4 Å². The number of hydrogen-bond acceptors (Lipinski definition) is 6. The summed E-state index contributed by atoms with van der Waals surface area (Å²) in [4.78, 5) is 54.6. The molecule has 0 aromatic rings. The first-order valence-corrected chi connectivity index (χ1v) is 19.9. The molecule has 5 saturated carbocycles. The van der Waals surface area contributed by atoms with Crippen LogP contribution < -0.4 is 11.1 Å². The van der Waals surface area contributed by atoms with Crippen molar-refractivity contribution in [1.82, 2.24) is 10.2 Å². The number of urea groups is 1. The van der Waals surface area contributed by atoms with Gasteiger partial charge in [0.15, 0.2) is 0 Å². The van der Waals surface area contributed by atoms with Gasteiger partial charge in [0, 0.05) is 36.9 Å². The van der Waals surface area contributed by atoms with Gasteiger partial charge in [-0.2, -0.15) is 0 Å². The molecule has 1 aliphatic heterocycles. The number of amides is 2. The molecule has 1 saturated heterocycles. The number of carbonyl (C=O) groups excluding carboxylic acids is 3. The Morgan fingerprint density at radius 3 is 2.20 bits per heavy atom. The Hall–Kier alpha value is -2.16. The van der Waals surface area contributed by atoms with Crippen LogP contribution in [0.1, 0.15) is 139 Å². The molecule has 8 unspecified atom stereocenters. The molecular formula is C41H67N3O6. The maximum Gasteiger partial charge on any atom is 0.317 e. The van der Waals surface area contributed by atoms with Crippen LogP contribution in [0.4, 0.5) is 4.79 Å². The molecule has 1 heterocycles. The highest BCUT2D eigenvalue weighted by molar-refractivity contribution is 5.88. The number of rotatable bonds is 6. The molecule has 6 rings (SSSR count). The topological polar surface area (TPSA) is 139 Å². The van der Waals surface area contributed by atoms with E-state index in [0.29, 0.717) is 43.0 Å². The molecule has 4 N–H and O–H groups in total. The molecule has 6 aliphatic rings. The zero-order valence-corrected chi connectivity index (χ0v) is 32.5. The van der Waals surface area contributed by atoms with Crippen molar-refractivity contribution < 1.29 is 29.0 Å². The van der Waals surface area contributed by atoms with Gasteiger partial charge in [0.25, 0.3) is 0 Å². The van der Waals surface area contributed by atoms with E-state index in [2.05, 4.69) is 53.8 Å². The number of aliphatic carboxylic acids is 1. The average molecular weight is 698 g/mol. The monoisotopic (exact) mass is 698 g/mol. The molecule has 0 bridgehead atoms. The lowest BCUT2D eigenvalue weighted by molar-refractivity contribution is -0.247. The summed E-state index contributed by atoms with van der Waals surface area (Å²) in [6, 6.07) is 0.139. The highest BCUT2D eigenvalue weighted by Gasteiger charge is 2.72. The number of esters is 1. The second kappa shape index (κ2) is 12.5. The third kappa shape index (κ3) is 5.64. The average Bonchev–Trinajstić information content (AvgIpc) is 3.30. The van der Waals surface area contributed by atoms with E-state index in [1.165, 1.54) is 0 Å². The van der Waals surface area contributed by atoms with Gasteiger partial charge in [-0.15, -0.1) is 0 Å². The van der Waals surface area contributed by atoms with Gasteiger partial charge in [-0.1, -0.05) is 48.5 Å². The van der Waals surface area contributed by atoms with E-state index in [1.54, 1.807) is 13.8 Å². The van der Waals surface area contributed by atoms with Crippen molar-refractivity contribution in [3.8, 4) is 0 Å². The van der Waals surface area contributed by atoms with E-state index in [1.807, 2.05) is 4.90 Å². The van der Waals surface area contributed by atoms with Crippen molar-refractivity contribution in [1.29, 1.82) is 0 Å². The normalized spacial score (nSPS) is 42.9. The minimum atomic E-state index is -1.16. The van der Waals surface area contributed by atoms with Gasteiger partial charge in [0.1, 0.15) is 11.9 Å². The van der Waals surface area contributed by atoms with Gasteiger partial charge in [-0.3, -0.25) is 14.4 Å². The predicted molar refractivity (Wildman–Crippen MR) is 193 cm³/mol. The Bertz CT molecular complexity index is 1390. The first-order valence-electron chi connectivity index (χ1n) is 19.9. The molecule has 0 spiro atoms. The molecule has 5 aliphatic carbocycles. The fourth-order valence-electron chi connectivity index (χ4n) is 13.7. The Balaban J connectivity index is 1.26. The van der Waals surface area contributed by atoms with Crippen LogP contribution in [0.3, 0.4) is 0 Å². The SMILES string of the molecule is CC(C)C1C(=O)CC2(NC(=O)N3CCC(N)CC3)CC[C@]3(C)C(CCC4C3(C)CCC3C(C)(C)C(OC(=O)CC(C)(C)C(=O)O)CC[C@@]34C)C12. The summed E-state index contributed by atoms with van der Waals surface area (Å²) < 4.78 is 6.16. The molecule has 0 aromatic carbocycles. The number of piperidine rings is 1. The second-order valence-corrected chi connectivity index (χ2v) is 20.2. The van der Waals surface area contributed by atoms with Crippen molar-refractivity contribution in [3.05, 3.63) is 0 Å². The van der Waals surface area contributed by atoms with E-state index in [9.17, 15) is 24.3 Å². The number of ether oxygens (including phenoxy) is 1. The molecule has 2 amide bonds. The number of carboxylic acids is 1. The molecule has 0 radical (unpaired) electrons. The first kappa shape index (κ1) is 37.6. The Labute approximate surface area is 301 Å². The number of carbonyl (C=O) groups is 4. The molecule has 282 valence electrons. The highest BCUT2D eigenvalue weighted by atomic mass is 16.5. The quantitative estimate of drug-likeness (QED) is 0.250. The number of hydrogen-bond donors (Lipinski definition) is 3. The van der Waals surface area contributed by atoms with Gasteiger partial charge in [-0.25, -0.2) is 4.79 Å². The summed E-state index contributed by atoms with van der Waals surface area (Å²) in [6.45, 7) is 21.1. The van der Waals surface area contributed by atoms with Gasteiger partial charge in [0.2, 0.25) is 0 Å². The molecule has 9 heteroatoms. The van der Waals surface area contributed by atoms with Crippen LogP contribution in [-0.2, 0) is 19.1 Å². The molecule has 9 nitrogen and oxygen atoms in total. The molecule has 6 fully saturated rings. The standard InChI is InChI=1S/C41H67N3O6/c1-24(2)32-27(45)22-41(43-35(49)44-20-14-25(42)15-21-44)19-18-39(8)26(33(32)41)10-11-29-38(7)16-13-30(50-31(46)23-36(3,4)34(47)48)37(5,6)28(38)12-17-40(29,39)9/h24-26,28-30,32-33H,10-23,42H2,1-9H3,(H,43,49)(H,47,48)/t26?,28?,29?,30?,32?,33?,38-,39+,40?,41?/m0/s1. The number of Topliss-reactive ketones (excluding diaryl/α,β-unsaturated/α-hetero) is 1. The zero-order chi connectivity index (χ0) is 36.8. The summed E-state index contributed by atoms with van der Waals surface area (Å²) in [6.07, 6.45) is 9.68. The van der Waals surface area contributed by atoms with Gasteiger partial charge < -0.3 is 25.8 Å². The molecule has 50 heavy (non-hydrogen) atoms. The van der Waals surface area contributed by atoms with Crippen molar-refractivity contribution in [2.24, 2.45) is 68.3 Å². The van der Waals surface area contributed by atoms with E-state index >= 15 is 0 Å². The van der Waals surface area contributed by atoms with E-state index < -0.39 is 22.9 Å². The summed E-state index contributed by atoms with van der Waals surface area (Å²) in [5.41, 5.74) is 4.48. The number of nitrogens with two attached hydrogens (primary N) is 1. The van der Waals surface area contributed by atoms with Gasteiger partial charge >= 0.3 is 18.0 Å². The summed E-state index contributed by atoms with van der Waals surface area (Å²) in [7, 11) is 0. The molecule has 0 aromatic heterocycles. The lowest BCUT2D eigenvalue weighted by atomic mass is 9.32. The fraction of sp³-hybridized carbons (Fsp3) is 0.902. The third-order valence-corrected chi connectivity index (χ3v) is 16.6. The third-order valence-electron chi connectivity index (χ3n) is 16.6. The van der Waals surface area contributed by atoms with Crippen molar-refractivity contribution in [3.63, 3.8) is 0 Å². The number of fused-ring (bicyclic) bond motifs is 7. The number of nitrogens with one attached hydrogen (secondary N) is 1. The van der Waals surface area contributed by atoms with Crippen LogP contribution in [0.5, 0.6) is 0 Å².